The number of rotatable bonds is 80. The van der Waals surface area contributed by atoms with Crippen LogP contribution >= 0.6 is 15.6 Å². The molecule has 6 atom stereocenters. The van der Waals surface area contributed by atoms with Gasteiger partial charge in [-0.1, -0.05) is 361 Å². The van der Waals surface area contributed by atoms with Gasteiger partial charge in [-0.15, -0.1) is 0 Å². The molecule has 0 saturated heterocycles. The van der Waals surface area contributed by atoms with Crippen molar-refractivity contribution >= 4 is 39.5 Å². The number of hydrogen-bond acceptors (Lipinski definition) is 15. The first kappa shape index (κ1) is 99.5. The Hall–Kier alpha value is -2.46. The molecule has 0 rings (SSSR count). The van der Waals surface area contributed by atoms with Crippen molar-refractivity contribution < 1.29 is 80.2 Å². The molecule has 0 aromatic rings. The summed E-state index contributed by atoms with van der Waals surface area (Å²) in [5, 5.41) is 10.6. The molecule has 0 aliphatic carbocycles. The lowest BCUT2D eigenvalue weighted by molar-refractivity contribution is -0.161. The molecular formula is C83H158O17P2. The summed E-state index contributed by atoms with van der Waals surface area (Å²) >= 11 is 0. The van der Waals surface area contributed by atoms with Gasteiger partial charge in [-0.2, -0.15) is 0 Å². The quantitative estimate of drug-likeness (QED) is 0.0169. The van der Waals surface area contributed by atoms with Crippen LogP contribution in [0.5, 0.6) is 0 Å². The largest absolute Gasteiger partial charge is 0.472 e. The average molecular weight is 1490 g/mol. The smallest absolute Gasteiger partial charge is 0.462 e. The minimum Gasteiger partial charge on any atom is -0.462 e. The van der Waals surface area contributed by atoms with Crippen LogP contribution in [0.2, 0.25) is 0 Å². The van der Waals surface area contributed by atoms with E-state index in [0.717, 1.165) is 121 Å². The van der Waals surface area contributed by atoms with Crippen LogP contribution in [0.4, 0.5) is 0 Å². The van der Waals surface area contributed by atoms with Crippen LogP contribution in [0.15, 0.2) is 24.3 Å². The Bertz CT molecular complexity index is 2060. The van der Waals surface area contributed by atoms with E-state index in [1.54, 1.807) is 0 Å². The zero-order valence-corrected chi connectivity index (χ0v) is 68.2. The number of unbranched alkanes of at least 4 members (excludes halogenated alkanes) is 46. The van der Waals surface area contributed by atoms with E-state index in [9.17, 15) is 43.2 Å². The molecule has 19 heteroatoms. The number of carbonyl (C=O) groups excluding carboxylic acids is 4. The maximum Gasteiger partial charge on any atom is 0.472 e. The zero-order valence-electron chi connectivity index (χ0n) is 66.4. The number of phosphoric ester groups is 2. The summed E-state index contributed by atoms with van der Waals surface area (Å²) in [6, 6.07) is 0. The fourth-order valence-electron chi connectivity index (χ4n) is 12.3. The number of allylic oxidation sites excluding steroid dienone is 4. The van der Waals surface area contributed by atoms with Crippen LogP contribution in [0.3, 0.4) is 0 Å². The van der Waals surface area contributed by atoms with Gasteiger partial charge in [0.25, 0.3) is 0 Å². The van der Waals surface area contributed by atoms with Crippen LogP contribution in [-0.2, 0) is 65.4 Å². The predicted molar refractivity (Wildman–Crippen MR) is 418 cm³/mol. The van der Waals surface area contributed by atoms with Crippen molar-refractivity contribution in [3.05, 3.63) is 24.3 Å². The molecule has 0 heterocycles. The van der Waals surface area contributed by atoms with E-state index in [4.69, 9.17) is 37.0 Å². The van der Waals surface area contributed by atoms with Crippen LogP contribution in [0.25, 0.3) is 0 Å². The second-order valence-corrected chi connectivity index (χ2v) is 32.8. The van der Waals surface area contributed by atoms with Gasteiger partial charge in [-0.3, -0.25) is 37.3 Å². The average Bonchev–Trinajstić information content (AvgIpc) is 0.911. The molecule has 3 unspecified atom stereocenters. The number of carbonyl (C=O) groups is 4. The summed E-state index contributed by atoms with van der Waals surface area (Å²) in [5.74, 6) is -0.613. The normalized spacial score (nSPS) is 14.3. The lowest BCUT2D eigenvalue weighted by Crippen LogP contribution is -2.30. The number of ether oxygens (including phenoxy) is 4. The molecule has 102 heavy (non-hydrogen) atoms. The van der Waals surface area contributed by atoms with Gasteiger partial charge in [0.2, 0.25) is 0 Å². The predicted octanol–water partition coefficient (Wildman–Crippen LogP) is 24.6. The fourth-order valence-corrected chi connectivity index (χ4v) is 13.9. The molecular weight excluding hydrogens is 1330 g/mol. The molecule has 3 N–H and O–H groups in total. The Morgan fingerprint density at radius 3 is 0.882 bits per heavy atom. The first-order valence-electron chi connectivity index (χ1n) is 42.3. The van der Waals surface area contributed by atoms with E-state index in [2.05, 4.69) is 65.8 Å². The molecule has 0 aliphatic heterocycles. The Morgan fingerprint density at radius 2 is 0.578 bits per heavy atom. The third-order valence-electron chi connectivity index (χ3n) is 19.2. The van der Waals surface area contributed by atoms with E-state index in [-0.39, 0.29) is 25.7 Å². The second kappa shape index (κ2) is 74.0. The van der Waals surface area contributed by atoms with Gasteiger partial charge in [-0.25, -0.2) is 9.13 Å². The Labute approximate surface area is 624 Å². The molecule has 0 aromatic heterocycles. The number of esters is 4. The number of aliphatic hydroxyl groups is 1. The van der Waals surface area contributed by atoms with E-state index in [1.165, 1.54) is 212 Å². The number of aliphatic hydroxyl groups excluding tert-OH is 1. The van der Waals surface area contributed by atoms with Crippen molar-refractivity contribution in [2.24, 2.45) is 11.8 Å². The van der Waals surface area contributed by atoms with Crippen LogP contribution in [-0.4, -0.2) is 96.7 Å². The lowest BCUT2D eigenvalue weighted by Gasteiger charge is -2.21. The minimum atomic E-state index is -4.97. The Morgan fingerprint density at radius 1 is 0.324 bits per heavy atom. The van der Waals surface area contributed by atoms with Gasteiger partial charge in [0.1, 0.15) is 19.3 Å². The summed E-state index contributed by atoms with van der Waals surface area (Å²) < 4.78 is 68.7. The van der Waals surface area contributed by atoms with E-state index >= 15 is 0 Å². The van der Waals surface area contributed by atoms with Crippen molar-refractivity contribution in [1.82, 2.24) is 0 Å². The van der Waals surface area contributed by atoms with Gasteiger partial charge in [0, 0.05) is 25.7 Å². The highest BCUT2D eigenvalue weighted by molar-refractivity contribution is 7.47. The van der Waals surface area contributed by atoms with E-state index in [0.29, 0.717) is 25.7 Å². The highest BCUT2D eigenvalue weighted by Crippen LogP contribution is 2.45. The van der Waals surface area contributed by atoms with E-state index < -0.39 is 97.5 Å². The maximum atomic E-state index is 13.1. The molecule has 0 amide bonds. The topological polar surface area (TPSA) is 237 Å². The summed E-state index contributed by atoms with van der Waals surface area (Å²) in [6.45, 7) is 9.56. The molecule has 0 aliphatic rings. The Balaban J connectivity index is 5.26. The molecule has 0 radical (unpaired) electrons. The summed E-state index contributed by atoms with van der Waals surface area (Å²) in [7, 11) is -9.93. The third-order valence-corrected chi connectivity index (χ3v) is 21.1. The van der Waals surface area contributed by atoms with Gasteiger partial charge in [0.15, 0.2) is 12.2 Å². The minimum absolute atomic E-state index is 0.102. The van der Waals surface area contributed by atoms with Crippen molar-refractivity contribution in [2.75, 3.05) is 39.6 Å². The molecule has 0 saturated carbocycles. The molecule has 0 fully saturated rings. The number of phosphoric acid groups is 2. The number of hydrogen-bond donors (Lipinski definition) is 3. The van der Waals surface area contributed by atoms with Crippen LogP contribution in [0.1, 0.15) is 414 Å². The molecule has 0 aromatic carbocycles. The second-order valence-electron chi connectivity index (χ2n) is 29.9. The highest BCUT2D eigenvalue weighted by atomic mass is 31.2. The van der Waals surface area contributed by atoms with Gasteiger partial charge < -0.3 is 33.8 Å². The van der Waals surface area contributed by atoms with Gasteiger partial charge in [-0.05, 0) is 63.2 Å². The SMILES string of the molecule is CCCCCC/C=C\C=C/CCCCCCCC(=O)OC[C@H](COP(=O)(O)OC[C@@H](O)COP(=O)(O)OC[C@@H](COC(=O)CCCCCCCCCCC(C)CC)OC(=O)CCCCCCCCCCCCC(C)C)OC(=O)CCCCCCCCCCCCCCCCCCCCCCCC. The van der Waals surface area contributed by atoms with Gasteiger partial charge in [0.05, 0.1) is 26.4 Å². The monoisotopic (exact) mass is 1490 g/mol. The standard InChI is InChI=1S/C83H158O17P2/c1-7-10-12-14-16-18-20-22-24-25-26-27-28-29-30-32-34-36-41-49-55-61-67-82(87)99-78(71-93-80(85)65-59-53-47-40-35-33-31-23-21-19-17-15-13-11-8-2)73-97-101(89,90)95-69-77(84)70-96-102(91,92)98-74-79(72-94-81(86)66-60-54-48-44-43-46-52-58-64-76(6)9-3)100-83(88)68-62-56-50-42-38-37-39-45-51-57-63-75(4)5/h19,21,23,31,75-79,84H,7-18,20,22,24-30,32-74H2,1-6H3,(H,89,90)(H,91,92)/b21-19-,31-23-/t76?,77-,78-,79-/m1/s1. The molecule has 0 spiro atoms. The van der Waals surface area contributed by atoms with E-state index in [1.807, 2.05) is 0 Å². The first-order chi connectivity index (χ1) is 49.4. The molecule has 602 valence electrons. The highest BCUT2D eigenvalue weighted by Gasteiger charge is 2.30. The van der Waals surface area contributed by atoms with Crippen molar-refractivity contribution in [3.63, 3.8) is 0 Å². The van der Waals surface area contributed by atoms with Crippen molar-refractivity contribution in [1.29, 1.82) is 0 Å². The van der Waals surface area contributed by atoms with Crippen molar-refractivity contribution in [2.45, 2.75) is 432 Å². The lowest BCUT2D eigenvalue weighted by atomic mass is 9.99. The van der Waals surface area contributed by atoms with Crippen LogP contribution < -0.4 is 0 Å². The zero-order chi connectivity index (χ0) is 74.9. The molecule has 17 nitrogen and oxygen atoms in total. The Kier molecular flexibility index (Phi) is 72.2. The first-order valence-corrected chi connectivity index (χ1v) is 45.3. The van der Waals surface area contributed by atoms with Crippen molar-refractivity contribution in [3.8, 4) is 0 Å². The van der Waals surface area contributed by atoms with Crippen LogP contribution in [0, 0.1) is 11.8 Å². The third kappa shape index (κ3) is 74.4. The summed E-state index contributed by atoms with van der Waals surface area (Å²) in [5.41, 5.74) is 0. The fraction of sp³-hybridized carbons (Fsp3) is 0.904. The summed E-state index contributed by atoms with van der Waals surface area (Å²) in [4.78, 5) is 73.1. The maximum absolute atomic E-state index is 13.1. The molecule has 0 bridgehead atoms. The van der Waals surface area contributed by atoms with Gasteiger partial charge >= 0.3 is 39.5 Å². The summed E-state index contributed by atoms with van der Waals surface area (Å²) in [6.07, 6.45) is 67.5.